The fourth-order valence-electron chi connectivity index (χ4n) is 3.21. The van der Waals surface area contributed by atoms with Crippen molar-refractivity contribution in [3.8, 4) is 0 Å². The highest BCUT2D eigenvalue weighted by atomic mass is 16.5. The molecule has 2 saturated heterocycles. The van der Waals surface area contributed by atoms with Crippen LogP contribution in [0.1, 0.15) is 10.4 Å². The van der Waals surface area contributed by atoms with Crippen molar-refractivity contribution in [2.45, 2.75) is 12.1 Å². The van der Waals surface area contributed by atoms with Crippen LogP contribution >= 0.6 is 0 Å². The molecule has 2 fully saturated rings. The summed E-state index contributed by atoms with van der Waals surface area (Å²) < 4.78 is 5.86. The molecule has 0 saturated carbocycles. The van der Waals surface area contributed by atoms with Gasteiger partial charge in [-0.2, -0.15) is 0 Å². The minimum Gasteiger partial charge on any atom is -0.372 e. The number of aromatic nitrogens is 3. The number of anilines is 1. The van der Waals surface area contributed by atoms with Gasteiger partial charge in [0.15, 0.2) is 0 Å². The number of carbonyl (C=O) groups excluding carboxylic acids is 1. The molecular formula is C16H17N5O2. The Balaban J connectivity index is 1.54. The predicted octanol–water partition coefficient (Wildman–Crippen LogP) is 0.601. The summed E-state index contributed by atoms with van der Waals surface area (Å²) in [5.41, 5.74) is 0.605. The van der Waals surface area contributed by atoms with Gasteiger partial charge >= 0.3 is 0 Å². The Hall–Kier alpha value is -2.54. The number of nitrogens with zero attached hydrogens (tertiary/aromatic N) is 5. The molecule has 7 heteroatoms. The summed E-state index contributed by atoms with van der Waals surface area (Å²) in [5.74, 6) is 0.687. The van der Waals surface area contributed by atoms with Gasteiger partial charge in [-0.05, 0) is 18.2 Å². The molecule has 0 spiro atoms. The molecule has 2 aliphatic heterocycles. The maximum absolute atomic E-state index is 12.6. The maximum Gasteiger partial charge on any atom is 0.255 e. The Morgan fingerprint density at radius 2 is 2.04 bits per heavy atom. The van der Waals surface area contributed by atoms with Crippen molar-refractivity contribution >= 4 is 11.9 Å². The molecule has 2 aliphatic rings. The van der Waals surface area contributed by atoms with Crippen LogP contribution in [-0.2, 0) is 4.74 Å². The van der Waals surface area contributed by atoms with Crippen LogP contribution < -0.4 is 4.90 Å². The number of ether oxygens (including phenoxy) is 1. The summed E-state index contributed by atoms with van der Waals surface area (Å²) in [7, 11) is 0. The van der Waals surface area contributed by atoms with Crippen LogP contribution in [0.5, 0.6) is 0 Å². The molecule has 2 aromatic heterocycles. The normalized spacial score (nSPS) is 23.7. The minimum absolute atomic E-state index is 0.00632. The molecule has 0 unspecified atom stereocenters. The summed E-state index contributed by atoms with van der Waals surface area (Å²) in [6.45, 7) is 2.55. The molecule has 118 valence electrons. The van der Waals surface area contributed by atoms with E-state index in [-0.39, 0.29) is 18.1 Å². The van der Waals surface area contributed by atoms with Crippen LogP contribution in [0.3, 0.4) is 0 Å². The topological polar surface area (TPSA) is 71.5 Å². The number of fused-ring (bicyclic) bond motifs is 1. The van der Waals surface area contributed by atoms with Crippen molar-refractivity contribution < 1.29 is 9.53 Å². The van der Waals surface area contributed by atoms with Crippen LogP contribution in [0.2, 0.25) is 0 Å². The average molecular weight is 311 g/mol. The van der Waals surface area contributed by atoms with E-state index in [0.29, 0.717) is 31.2 Å². The number of carbonyl (C=O) groups is 1. The molecule has 23 heavy (non-hydrogen) atoms. The van der Waals surface area contributed by atoms with Crippen molar-refractivity contribution in [3.05, 3.63) is 48.5 Å². The van der Waals surface area contributed by atoms with Gasteiger partial charge in [0.25, 0.3) is 5.91 Å². The Morgan fingerprint density at radius 3 is 2.83 bits per heavy atom. The largest absolute Gasteiger partial charge is 0.372 e. The van der Waals surface area contributed by atoms with Gasteiger partial charge in [-0.15, -0.1) is 0 Å². The van der Waals surface area contributed by atoms with E-state index in [0.717, 1.165) is 6.54 Å². The lowest BCUT2D eigenvalue weighted by atomic mass is 10.1. The minimum atomic E-state index is -0.00923. The molecule has 7 nitrogen and oxygen atoms in total. The van der Waals surface area contributed by atoms with Gasteiger partial charge in [0, 0.05) is 44.4 Å². The van der Waals surface area contributed by atoms with E-state index in [1.165, 1.54) is 0 Å². The molecular weight excluding hydrogens is 294 g/mol. The fraction of sp³-hybridized carbons (Fsp3) is 0.375. The number of hydrogen-bond donors (Lipinski definition) is 0. The van der Waals surface area contributed by atoms with Crippen molar-refractivity contribution in [3.63, 3.8) is 0 Å². The average Bonchev–Trinajstić information content (AvgIpc) is 3.06. The molecule has 0 radical (unpaired) electrons. The second-order valence-corrected chi connectivity index (χ2v) is 5.67. The highest BCUT2D eigenvalue weighted by Gasteiger charge is 2.42. The number of amides is 1. The lowest BCUT2D eigenvalue weighted by molar-refractivity contribution is 0.0296. The first-order valence-electron chi connectivity index (χ1n) is 7.67. The highest BCUT2D eigenvalue weighted by Crippen LogP contribution is 2.26. The molecule has 4 rings (SSSR count). The first-order valence-corrected chi connectivity index (χ1v) is 7.67. The number of hydrogen-bond acceptors (Lipinski definition) is 6. The monoisotopic (exact) mass is 311 g/mol. The smallest absolute Gasteiger partial charge is 0.255 e. The molecule has 0 bridgehead atoms. The zero-order valence-corrected chi connectivity index (χ0v) is 12.6. The van der Waals surface area contributed by atoms with Gasteiger partial charge in [0.2, 0.25) is 5.95 Å². The molecule has 4 heterocycles. The molecule has 2 atom stereocenters. The van der Waals surface area contributed by atoms with Crippen LogP contribution in [-0.4, -0.2) is 64.1 Å². The first kappa shape index (κ1) is 14.1. The molecule has 1 amide bonds. The van der Waals surface area contributed by atoms with E-state index in [2.05, 4.69) is 19.9 Å². The number of rotatable bonds is 2. The van der Waals surface area contributed by atoms with E-state index < -0.39 is 0 Å². The third kappa shape index (κ3) is 2.63. The van der Waals surface area contributed by atoms with E-state index in [4.69, 9.17) is 4.74 Å². The van der Waals surface area contributed by atoms with Crippen molar-refractivity contribution in [2.24, 2.45) is 0 Å². The SMILES string of the molecule is O=C(c1cccnc1)N1C[C@@H]2OCCN(c3ncccn3)[C@@H]2C1. The number of likely N-dealkylation sites (tertiary alicyclic amines) is 1. The van der Waals surface area contributed by atoms with E-state index in [1.54, 1.807) is 43.0 Å². The summed E-state index contributed by atoms with van der Waals surface area (Å²) in [6.07, 6.45) is 6.73. The molecule has 2 aromatic rings. The van der Waals surface area contributed by atoms with Gasteiger partial charge in [-0.3, -0.25) is 9.78 Å². The van der Waals surface area contributed by atoms with Crippen molar-refractivity contribution in [1.82, 2.24) is 19.9 Å². The van der Waals surface area contributed by atoms with Crippen LogP contribution in [0.25, 0.3) is 0 Å². The Labute approximate surface area is 133 Å². The van der Waals surface area contributed by atoms with Gasteiger partial charge in [-0.1, -0.05) is 0 Å². The third-order valence-electron chi connectivity index (χ3n) is 4.31. The number of morpholine rings is 1. The first-order chi connectivity index (χ1) is 11.3. The van der Waals surface area contributed by atoms with Crippen molar-refractivity contribution in [2.75, 3.05) is 31.1 Å². The van der Waals surface area contributed by atoms with E-state index in [9.17, 15) is 4.79 Å². The number of pyridine rings is 1. The van der Waals surface area contributed by atoms with Crippen LogP contribution in [0.15, 0.2) is 43.0 Å². The highest BCUT2D eigenvalue weighted by molar-refractivity contribution is 5.94. The Morgan fingerprint density at radius 1 is 1.17 bits per heavy atom. The zero-order chi connectivity index (χ0) is 15.6. The van der Waals surface area contributed by atoms with Gasteiger partial charge in [0.05, 0.1) is 24.3 Å². The summed E-state index contributed by atoms with van der Waals surface area (Å²) in [4.78, 5) is 29.3. The van der Waals surface area contributed by atoms with Gasteiger partial charge in [-0.25, -0.2) is 9.97 Å². The van der Waals surface area contributed by atoms with Crippen LogP contribution in [0, 0.1) is 0 Å². The third-order valence-corrected chi connectivity index (χ3v) is 4.31. The lowest BCUT2D eigenvalue weighted by Gasteiger charge is -2.36. The van der Waals surface area contributed by atoms with Crippen LogP contribution in [0.4, 0.5) is 5.95 Å². The second-order valence-electron chi connectivity index (χ2n) is 5.67. The van der Waals surface area contributed by atoms with Crippen molar-refractivity contribution in [1.29, 1.82) is 0 Å². The Kier molecular flexibility index (Phi) is 3.63. The van der Waals surface area contributed by atoms with E-state index >= 15 is 0 Å². The molecule has 0 aliphatic carbocycles. The Bertz CT molecular complexity index is 681. The molecule has 0 N–H and O–H groups in total. The standard InChI is InChI=1S/C16H17N5O2/c22-15(12-3-1-4-17-9-12)20-10-13-14(11-20)23-8-7-21(13)16-18-5-2-6-19-16/h1-6,9,13-14H,7-8,10-11H2/t13-,14+/m1/s1. The molecule has 0 aromatic carbocycles. The summed E-state index contributed by atoms with van der Waals surface area (Å²) in [6, 6.07) is 5.45. The summed E-state index contributed by atoms with van der Waals surface area (Å²) in [5, 5.41) is 0. The summed E-state index contributed by atoms with van der Waals surface area (Å²) >= 11 is 0. The van der Waals surface area contributed by atoms with Gasteiger partial charge in [0.1, 0.15) is 0 Å². The second kappa shape index (κ2) is 5.92. The van der Waals surface area contributed by atoms with Gasteiger partial charge < -0.3 is 14.5 Å². The predicted molar refractivity (Wildman–Crippen MR) is 83.0 cm³/mol. The zero-order valence-electron chi connectivity index (χ0n) is 12.6. The maximum atomic E-state index is 12.6. The lowest BCUT2D eigenvalue weighted by Crippen LogP contribution is -2.51. The van der Waals surface area contributed by atoms with E-state index in [1.807, 2.05) is 4.90 Å². The fourth-order valence-corrected chi connectivity index (χ4v) is 3.21. The quantitative estimate of drug-likeness (QED) is 0.809.